The second-order valence-electron chi connectivity index (χ2n) is 5.30. The van der Waals surface area contributed by atoms with Crippen LogP contribution in [0.15, 0.2) is 24.3 Å². The predicted molar refractivity (Wildman–Crippen MR) is 73.0 cm³/mol. The third-order valence-corrected chi connectivity index (χ3v) is 3.38. The van der Waals surface area contributed by atoms with Crippen molar-refractivity contribution in [3.8, 4) is 0 Å². The van der Waals surface area contributed by atoms with Gasteiger partial charge in [0.1, 0.15) is 5.60 Å². The molecule has 1 heterocycles. The number of amides is 1. The van der Waals surface area contributed by atoms with Gasteiger partial charge in [-0.1, -0.05) is 18.2 Å². The SMILES string of the molecule is CC(O)(CO)CNC(=O)CC1CNc2ccccc21. The number of anilines is 1. The minimum Gasteiger partial charge on any atom is -0.393 e. The van der Waals surface area contributed by atoms with E-state index < -0.39 is 5.60 Å². The lowest BCUT2D eigenvalue weighted by Gasteiger charge is -2.21. The summed E-state index contributed by atoms with van der Waals surface area (Å²) in [5, 5.41) is 24.4. The van der Waals surface area contributed by atoms with E-state index in [9.17, 15) is 9.90 Å². The highest BCUT2D eigenvalue weighted by molar-refractivity contribution is 5.78. The maximum atomic E-state index is 11.8. The van der Waals surface area contributed by atoms with Crippen LogP contribution in [0.4, 0.5) is 5.69 Å². The fraction of sp³-hybridized carbons (Fsp3) is 0.500. The summed E-state index contributed by atoms with van der Waals surface area (Å²) in [6.07, 6.45) is 0.380. The Bertz CT molecular complexity index is 460. The van der Waals surface area contributed by atoms with Gasteiger partial charge in [-0.25, -0.2) is 0 Å². The highest BCUT2D eigenvalue weighted by Gasteiger charge is 2.25. The molecule has 1 aromatic carbocycles. The van der Waals surface area contributed by atoms with E-state index in [2.05, 4.69) is 10.6 Å². The van der Waals surface area contributed by atoms with Crippen molar-refractivity contribution >= 4 is 11.6 Å². The van der Waals surface area contributed by atoms with Crippen molar-refractivity contribution in [3.63, 3.8) is 0 Å². The molecule has 0 saturated heterocycles. The third-order valence-electron chi connectivity index (χ3n) is 3.38. The van der Waals surface area contributed by atoms with Crippen molar-refractivity contribution in [2.24, 2.45) is 0 Å². The fourth-order valence-electron chi connectivity index (χ4n) is 2.18. The Kier molecular flexibility index (Phi) is 4.07. The summed E-state index contributed by atoms with van der Waals surface area (Å²) in [6.45, 7) is 1.92. The van der Waals surface area contributed by atoms with Crippen molar-refractivity contribution in [2.45, 2.75) is 24.9 Å². The van der Waals surface area contributed by atoms with Gasteiger partial charge in [0.25, 0.3) is 0 Å². The van der Waals surface area contributed by atoms with Crippen molar-refractivity contribution in [3.05, 3.63) is 29.8 Å². The lowest BCUT2D eigenvalue weighted by molar-refractivity contribution is -0.122. The number of aliphatic hydroxyl groups excluding tert-OH is 1. The number of carbonyl (C=O) groups is 1. The monoisotopic (exact) mass is 264 g/mol. The molecule has 2 atom stereocenters. The van der Waals surface area contributed by atoms with E-state index in [1.165, 1.54) is 6.92 Å². The van der Waals surface area contributed by atoms with Crippen LogP contribution in [0.25, 0.3) is 0 Å². The molecule has 2 unspecified atom stereocenters. The van der Waals surface area contributed by atoms with Crippen molar-refractivity contribution in [1.29, 1.82) is 0 Å². The van der Waals surface area contributed by atoms with Gasteiger partial charge >= 0.3 is 0 Å². The Morgan fingerprint density at radius 1 is 1.53 bits per heavy atom. The van der Waals surface area contributed by atoms with Crippen LogP contribution >= 0.6 is 0 Å². The molecule has 1 aromatic rings. The summed E-state index contributed by atoms with van der Waals surface area (Å²) < 4.78 is 0. The van der Waals surface area contributed by atoms with Crippen LogP contribution in [-0.2, 0) is 4.79 Å². The first-order valence-corrected chi connectivity index (χ1v) is 6.44. The molecule has 19 heavy (non-hydrogen) atoms. The average Bonchev–Trinajstić information content (AvgIpc) is 2.80. The van der Waals surface area contributed by atoms with E-state index in [-0.39, 0.29) is 25.0 Å². The number of hydrogen-bond donors (Lipinski definition) is 4. The minimum absolute atomic E-state index is 0.0597. The normalized spacial score (nSPS) is 20.3. The number of rotatable bonds is 5. The van der Waals surface area contributed by atoms with Crippen LogP contribution < -0.4 is 10.6 Å². The van der Waals surface area contributed by atoms with E-state index >= 15 is 0 Å². The van der Waals surface area contributed by atoms with Gasteiger partial charge < -0.3 is 20.8 Å². The largest absolute Gasteiger partial charge is 0.393 e. The number of para-hydroxylation sites is 1. The maximum Gasteiger partial charge on any atom is 0.220 e. The number of hydrogen-bond acceptors (Lipinski definition) is 4. The maximum absolute atomic E-state index is 11.8. The van der Waals surface area contributed by atoms with Crippen LogP contribution in [-0.4, -0.2) is 41.4 Å². The number of carbonyl (C=O) groups excluding carboxylic acids is 1. The Morgan fingerprint density at radius 2 is 2.26 bits per heavy atom. The van der Waals surface area contributed by atoms with Crippen molar-refractivity contribution in [2.75, 3.05) is 25.0 Å². The van der Waals surface area contributed by atoms with E-state index in [1.807, 2.05) is 24.3 Å². The molecule has 5 heteroatoms. The molecule has 0 radical (unpaired) electrons. The predicted octanol–water partition coefficient (Wildman–Crippen LogP) is 0.445. The molecule has 0 aliphatic carbocycles. The van der Waals surface area contributed by atoms with Crippen molar-refractivity contribution in [1.82, 2.24) is 5.32 Å². The molecule has 4 N–H and O–H groups in total. The lowest BCUT2D eigenvalue weighted by atomic mass is 9.97. The van der Waals surface area contributed by atoms with Crippen LogP contribution in [0.3, 0.4) is 0 Å². The second-order valence-corrected chi connectivity index (χ2v) is 5.30. The summed E-state index contributed by atoms with van der Waals surface area (Å²) in [6, 6.07) is 7.96. The second kappa shape index (κ2) is 5.59. The molecule has 0 bridgehead atoms. The van der Waals surface area contributed by atoms with Gasteiger partial charge in [-0.3, -0.25) is 4.79 Å². The molecule has 5 nitrogen and oxygen atoms in total. The molecule has 0 aromatic heterocycles. The minimum atomic E-state index is -1.26. The smallest absolute Gasteiger partial charge is 0.220 e. The molecule has 1 aliphatic rings. The summed E-state index contributed by atoms with van der Waals surface area (Å²) >= 11 is 0. The van der Waals surface area contributed by atoms with E-state index in [0.29, 0.717) is 6.42 Å². The first-order chi connectivity index (χ1) is 9.02. The van der Waals surface area contributed by atoms with E-state index in [4.69, 9.17) is 5.11 Å². The van der Waals surface area contributed by atoms with Crippen molar-refractivity contribution < 1.29 is 15.0 Å². The molecular weight excluding hydrogens is 244 g/mol. The van der Waals surface area contributed by atoms with E-state index in [0.717, 1.165) is 17.8 Å². The van der Waals surface area contributed by atoms with Crippen LogP contribution in [0.5, 0.6) is 0 Å². The Balaban J connectivity index is 1.88. The molecule has 1 amide bonds. The van der Waals surface area contributed by atoms with Gasteiger partial charge in [0.15, 0.2) is 0 Å². The number of fused-ring (bicyclic) bond motifs is 1. The first kappa shape index (κ1) is 13.8. The Labute approximate surface area is 112 Å². The molecule has 0 fully saturated rings. The van der Waals surface area contributed by atoms with Gasteiger partial charge in [0.2, 0.25) is 5.91 Å². The van der Waals surface area contributed by atoms with Gasteiger partial charge in [0.05, 0.1) is 6.61 Å². The zero-order valence-corrected chi connectivity index (χ0v) is 11.0. The molecule has 1 aliphatic heterocycles. The quantitative estimate of drug-likeness (QED) is 0.622. The van der Waals surface area contributed by atoms with Crippen LogP contribution in [0, 0.1) is 0 Å². The zero-order chi connectivity index (χ0) is 13.9. The number of benzene rings is 1. The van der Waals surface area contributed by atoms with Gasteiger partial charge in [-0.05, 0) is 18.6 Å². The summed E-state index contributed by atoms with van der Waals surface area (Å²) in [7, 11) is 0. The Morgan fingerprint density at radius 3 is 3.00 bits per heavy atom. The fourth-order valence-corrected chi connectivity index (χ4v) is 2.18. The highest BCUT2D eigenvalue weighted by Crippen LogP contribution is 2.32. The zero-order valence-electron chi connectivity index (χ0n) is 11.0. The first-order valence-electron chi connectivity index (χ1n) is 6.44. The highest BCUT2D eigenvalue weighted by atomic mass is 16.3. The van der Waals surface area contributed by atoms with Crippen LogP contribution in [0.2, 0.25) is 0 Å². The van der Waals surface area contributed by atoms with Gasteiger partial charge in [0, 0.05) is 31.1 Å². The summed E-state index contributed by atoms with van der Waals surface area (Å²) in [4.78, 5) is 11.8. The summed E-state index contributed by atoms with van der Waals surface area (Å²) in [5.74, 6) is 0.0486. The average molecular weight is 264 g/mol. The molecule has 0 saturated carbocycles. The third kappa shape index (κ3) is 3.45. The standard InChI is InChI=1S/C14H20N2O3/c1-14(19,9-17)8-16-13(18)6-10-7-15-12-5-3-2-4-11(10)12/h2-5,10,15,17,19H,6-9H2,1H3,(H,16,18). The van der Waals surface area contributed by atoms with Gasteiger partial charge in [-0.15, -0.1) is 0 Å². The molecule has 0 spiro atoms. The number of aliphatic hydroxyl groups is 2. The molecule has 104 valence electrons. The molecule has 2 rings (SSSR count). The van der Waals surface area contributed by atoms with Gasteiger partial charge in [-0.2, -0.15) is 0 Å². The summed E-state index contributed by atoms with van der Waals surface area (Å²) in [5.41, 5.74) is 0.982. The van der Waals surface area contributed by atoms with Crippen LogP contribution in [0.1, 0.15) is 24.8 Å². The Hall–Kier alpha value is -1.59. The number of nitrogens with one attached hydrogen (secondary N) is 2. The topological polar surface area (TPSA) is 81.6 Å². The van der Waals surface area contributed by atoms with E-state index in [1.54, 1.807) is 0 Å². The molecular formula is C14H20N2O3. The lowest BCUT2D eigenvalue weighted by Crippen LogP contribution is -2.43.